The van der Waals surface area contributed by atoms with E-state index < -0.39 is 12.1 Å². The van der Waals surface area contributed by atoms with Gasteiger partial charge in [-0.3, -0.25) is 0 Å². The van der Waals surface area contributed by atoms with Gasteiger partial charge in [-0.05, 0) is 75.2 Å². The van der Waals surface area contributed by atoms with Crippen molar-refractivity contribution < 1.29 is 27.9 Å². The summed E-state index contributed by atoms with van der Waals surface area (Å²) in [6.07, 6.45) is -0.175. The number of amides is 2. The topological polar surface area (TPSA) is 94.6 Å². The van der Waals surface area contributed by atoms with Crippen molar-refractivity contribution in [2.45, 2.75) is 44.8 Å². The molecular formula is C22H29F3N4O3S. The van der Waals surface area contributed by atoms with Gasteiger partial charge in [0.05, 0.1) is 21.8 Å². The molecule has 33 heavy (non-hydrogen) atoms. The first-order valence-corrected chi connectivity index (χ1v) is 11.9. The average molecular weight is 487 g/mol. The third kappa shape index (κ3) is 7.04. The van der Waals surface area contributed by atoms with Gasteiger partial charge in [0.2, 0.25) is 0 Å². The highest BCUT2D eigenvalue weighted by molar-refractivity contribution is 7.16. The van der Waals surface area contributed by atoms with Crippen LogP contribution in [0, 0.1) is 11.8 Å². The van der Waals surface area contributed by atoms with E-state index in [1.54, 1.807) is 11.3 Å². The van der Waals surface area contributed by atoms with Crippen LogP contribution in [0.2, 0.25) is 0 Å². The summed E-state index contributed by atoms with van der Waals surface area (Å²) < 4.78 is 32.9. The van der Waals surface area contributed by atoms with E-state index in [4.69, 9.17) is 9.90 Å². The lowest BCUT2D eigenvalue weighted by Crippen LogP contribution is -2.48. The largest absolute Gasteiger partial charge is 0.490 e. The highest BCUT2D eigenvalue weighted by Gasteiger charge is 2.38. The number of hydrogen-bond acceptors (Lipinski definition) is 5. The standard InChI is InChI=1S/C20H28N4OS.C2HF3O2/c1-14(16-4-5-18-19(11-16)26-13-22-18)23-20(25)24-10-2-3-17(12-24)15-6-8-21-9-7-15;3-2(4,5)1(6)7/h4-5,11,13-15,17,21H,2-3,6-10,12H2,1H3,(H,23,25);(H,6,7). The Hall–Kier alpha value is -2.40. The van der Waals surface area contributed by atoms with Crippen molar-refractivity contribution in [2.75, 3.05) is 26.2 Å². The number of thiazole rings is 1. The Kier molecular flexibility index (Phi) is 8.52. The molecule has 2 fully saturated rings. The SMILES string of the molecule is CC(NC(=O)N1CCCC(C2CCNCC2)C1)c1ccc2ncsc2c1.O=C(O)C(F)(F)F. The molecule has 182 valence electrons. The first-order chi connectivity index (χ1) is 15.6. The zero-order valence-corrected chi connectivity index (χ0v) is 19.2. The van der Waals surface area contributed by atoms with Crippen LogP contribution in [0.1, 0.15) is 44.2 Å². The van der Waals surface area contributed by atoms with Crippen molar-refractivity contribution in [2.24, 2.45) is 11.8 Å². The molecule has 2 aliphatic rings. The lowest BCUT2D eigenvalue weighted by atomic mass is 9.80. The number of rotatable bonds is 3. The maximum atomic E-state index is 12.8. The van der Waals surface area contributed by atoms with Crippen LogP contribution in [0.15, 0.2) is 23.7 Å². The Morgan fingerprint density at radius 2 is 1.94 bits per heavy atom. The van der Waals surface area contributed by atoms with Crippen LogP contribution in [-0.2, 0) is 4.79 Å². The monoisotopic (exact) mass is 486 g/mol. The number of fused-ring (bicyclic) bond motifs is 1. The second kappa shape index (κ2) is 11.1. The molecule has 2 aliphatic heterocycles. The fraction of sp³-hybridized carbons (Fsp3) is 0.591. The molecule has 0 aliphatic carbocycles. The number of piperidine rings is 2. The number of hydrogen-bond donors (Lipinski definition) is 3. The minimum atomic E-state index is -5.08. The predicted molar refractivity (Wildman–Crippen MR) is 120 cm³/mol. The number of aromatic nitrogens is 1. The second-order valence-electron chi connectivity index (χ2n) is 8.49. The lowest BCUT2D eigenvalue weighted by Gasteiger charge is -2.39. The van der Waals surface area contributed by atoms with Crippen molar-refractivity contribution in [1.82, 2.24) is 20.5 Å². The molecule has 1 aromatic heterocycles. The quantitative estimate of drug-likeness (QED) is 0.598. The Balaban J connectivity index is 0.000000383. The summed E-state index contributed by atoms with van der Waals surface area (Å²) in [5.74, 6) is -1.31. The van der Waals surface area contributed by atoms with E-state index >= 15 is 0 Å². The number of nitrogens with one attached hydrogen (secondary N) is 2. The zero-order valence-electron chi connectivity index (χ0n) is 18.4. The number of alkyl halides is 3. The molecular weight excluding hydrogens is 457 g/mol. The molecule has 0 saturated carbocycles. The van der Waals surface area contributed by atoms with Gasteiger partial charge in [0.1, 0.15) is 0 Å². The Labute approximate surface area is 194 Å². The Morgan fingerprint density at radius 3 is 2.61 bits per heavy atom. The number of carboxylic acids is 1. The van der Waals surface area contributed by atoms with E-state index in [1.807, 2.05) is 16.5 Å². The highest BCUT2D eigenvalue weighted by atomic mass is 32.1. The van der Waals surface area contributed by atoms with Crippen LogP contribution >= 0.6 is 11.3 Å². The summed E-state index contributed by atoms with van der Waals surface area (Å²) in [5.41, 5.74) is 4.03. The number of carbonyl (C=O) groups is 2. The normalized spacial score (nSPS) is 20.6. The molecule has 3 N–H and O–H groups in total. The van der Waals surface area contributed by atoms with Gasteiger partial charge < -0.3 is 20.6 Å². The number of carbonyl (C=O) groups excluding carboxylic acids is 1. The molecule has 2 amide bonds. The molecule has 0 bridgehead atoms. The van der Waals surface area contributed by atoms with E-state index in [0.29, 0.717) is 5.92 Å². The maximum absolute atomic E-state index is 12.8. The molecule has 0 radical (unpaired) electrons. The van der Waals surface area contributed by atoms with Crippen molar-refractivity contribution in [3.05, 3.63) is 29.3 Å². The van der Waals surface area contributed by atoms with Gasteiger partial charge in [-0.2, -0.15) is 13.2 Å². The summed E-state index contributed by atoms with van der Waals surface area (Å²) in [5, 5.41) is 13.8. The number of halogens is 3. The van der Waals surface area contributed by atoms with Crippen molar-refractivity contribution in [1.29, 1.82) is 0 Å². The van der Waals surface area contributed by atoms with E-state index in [-0.39, 0.29) is 12.1 Å². The zero-order chi connectivity index (χ0) is 24.0. The molecule has 2 aromatic rings. The number of nitrogens with zero attached hydrogens (tertiary/aromatic N) is 2. The van der Waals surface area contributed by atoms with Gasteiger partial charge in [0.25, 0.3) is 0 Å². The van der Waals surface area contributed by atoms with Crippen LogP contribution in [0.4, 0.5) is 18.0 Å². The lowest BCUT2D eigenvalue weighted by molar-refractivity contribution is -0.192. The fourth-order valence-corrected chi connectivity index (χ4v) is 5.12. The van der Waals surface area contributed by atoms with E-state index in [9.17, 15) is 18.0 Å². The number of aliphatic carboxylic acids is 1. The minimum absolute atomic E-state index is 0.00765. The summed E-state index contributed by atoms with van der Waals surface area (Å²) in [6, 6.07) is 6.35. The molecule has 0 spiro atoms. The molecule has 3 heterocycles. The van der Waals surface area contributed by atoms with Crippen LogP contribution in [0.3, 0.4) is 0 Å². The number of carboxylic acid groups (broad SMARTS) is 1. The average Bonchev–Trinajstić information content (AvgIpc) is 3.27. The van der Waals surface area contributed by atoms with Crippen molar-refractivity contribution in [3.63, 3.8) is 0 Å². The van der Waals surface area contributed by atoms with Gasteiger partial charge in [0, 0.05) is 13.1 Å². The van der Waals surface area contributed by atoms with E-state index in [2.05, 4.69) is 34.7 Å². The maximum Gasteiger partial charge on any atom is 0.490 e. The molecule has 2 atom stereocenters. The molecule has 1 aromatic carbocycles. The number of likely N-dealkylation sites (tertiary alicyclic amines) is 1. The summed E-state index contributed by atoms with van der Waals surface area (Å²) >= 11 is 1.64. The van der Waals surface area contributed by atoms with Gasteiger partial charge >= 0.3 is 18.2 Å². The summed E-state index contributed by atoms with van der Waals surface area (Å²) in [4.78, 5) is 28.1. The molecule has 4 rings (SSSR count). The van der Waals surface area contributed by atoms with Crippen molar-refractivity contribution >= 4 is 33.6 Å². The van der Waals surface area contributed by atoms with Crippen LogP contribution in [0.5, 0.6) is 0 Å². The van der Waals surface area contributed by atoms with Crippen LogP contribution < -0.4 is 10.6 Å². The van der Waals surface area contributed by atoms with E-state index in [1.165, 1.54) is 24.0 Å². The minimum Gasteiger partial charge on any atom is -0.475 e. The van der Waals surface area contributed by atoms with E-state index in [0.717, 1.165) is 49.6 Å². The number of urea groups is 1. The predicted octanol–water partition coefficient (Wildman–Crippen LogP) is 4.41. The molecule has 2 unspecified atom stereocenters. The summed E-state index contributed by atoms with van der Waals surface area (Å²) in [7, 11) is 0. The second-order valence-corrected chi connectivity index (χ2v) is 9.38. The van der Waals surface area contributed by atoms with Crippen LogP contribution in [0.25, 0.3) is 10.2 Å². The first kappa shape index (κ1) is 25.2. The Morgan fingerprint density at radius 1 is 1.24 bits per heavy atom. The highest BCUT2D eigenvalue weighted by Crippen LogP contribution is 2.30. The molecule has 7 nitrogen and oxygen atoms in total. The van der Waals surface area contributed by atoms with Crippen molar-refractivity contribution in [3.8, 4) is 0 Å². The molecule has 11 heteroatoms. The molecule has 2 saturated heterocycles. The first-order valence-electron chi connectivity index (χ1n) is 11.0. The Bertz CT molecular complexity index is 946. The smallest absolute Gasteiger partial charge is 0.475 e. The van der Waals surface area contributed by atoms with Gasteiger partial charge in [0.15, 0.2) is 0 Å². The third-order valence-corrected chi connectivity index (χ3v) is 7.03. The van der Waals surface area contributed by atoms with Crippen LogP contribution in [-0.4, -0.2) is 59.3 Å². The summed E-state index contributed by atoms with van der Waals surface area (Å²) in [6.45, 7) is 6.12. The third-order valence-electron chi connectivity index (χ3n) is 6.23. The fourth-order valence-electron chi connectivity index (χ4n) is 4.40. The van der Waals surface area contributed by atoms with Gasteiger partial charge in [-0.1, -0.05) is 6.07 Å². The van der Waals surface area contributed by atoms with Gasteiger partial charge in [-0.15, -0.1) is 11.3 Å². The van der Waals surface area contributed by atoms with Gasteiger partial charge in [-0.25, -0.2) is 14.6 Å². The number of benzene rings is 1.